The summed E-state index contributed by atoms with van der Waals surface area (Å²) in [6.45, 7) is 7.55. The van der Waals surface area contributed by atoms with Gasteiger partial charge in [-0.3, -0.25) is 15.0 Å². The molecule has 6 N–H and O–H groups in total. The highest BCUT2D eigenvalue weighted by Gasteiger charge is 2.49. The van der Waals surface area contributed by atoms with Gasteiger partial charge in [0.15, 0.2) is 5.96 Å². The van der Waals surface area contributed by atoms with Crippen molar-refractivity contribution in [2.24, 2.45) is 29.4 Å². The Balaban J connectivity index is 3.17. The monoisotopic (exact) mass is 326 g/mol. The smallest absolute Gasteiger partial charge is 0.306 e. The van der Waals surface area contributed by atoms with E-state index in [4.69, 9.17) is 11.1 Å². The molecule has 0 heterocycles. The van der Waals surface area contributed by atoms with E-state index in [2.05, 4.69) is 24.5 Å². The topological polar surface area (TPSA) is 128 Å². The third kappa shape index (κ3) is 4.59. The van der Waals surface area contributed by atoms with Gasteiger partial charge in [0.25, 0.3) is 0 Å². The van der Waals surface area contributed by atoms with Gasteiger partial charge < -0.3 is 21.5 Å². The maximum atomic E-state index is 11.7. The number of hydrogen-bond acceptors (Lipinski definition) is 3. The van der Waals surface area contributed by atoms with Crippen molar-refractivity contribution in [2.75, 3.05) is 0 Å². The van der Waals surface area contributed by atoms with Gasteiger partial charge >= 0.3 is 5.97 Å². The third-order valence-electron chi connectivity index (χ3n) is 5.21. The number of guanidine groups is 1. The Bertz CT molecular complexity index is 451. The Morgan fingerprint density at radius 3 is 2.30 bits per heavy atom. The predicted molar refractivity (Wildman–Crippen MR) is 88.9 cm³/mol. The summed E-state index contributed by atoms with van der Waals surface area (Å²) in [6.07, 6.45) is 2.21. The van der Waals surface area contributed by atoms with Crippen LogP contribution in [-0.2, 0) is 9.59 Å². The number of hydrogen-bond donors (Lipinski definition) is 5. The van der Waals surface area contributed by atoms with E-state index in [9.17, 15) is 14.7 Å². The lowest BCUT2D eigenvalue weighted by Gasteiger charge is -2.37. The first-order chi connectivity index (χ1) is 10.7. The molecular weight excluding hydrogens is 296 g/mol. The molecule has 1 aliphatic rings. The van der Waals surface area contributed by atoms with Crippen LogP contribution in [0.15, 0.2) is 0 Å². The van der Waals surface area contributed by atoms with Crippen LogP contribution in [-0.4, -0.2) is 35.0 Å². The number of carboxylic acids is 1. The number of nitrogens with one attached hydrogen (secondary N) is 3. The second-order valence-corrected chi connectivity index (χ2v) is 6.58. The predicted octanol–water partition coefficient (Wildman–Crippen LogP) is 1.14. The van der Waals surface area contributed by atoms with Crippen LogP contribution in [0.5, 0.6) is 0 Å². The van der Waals surface area contributed by atoms with Crippen LogP contribution in [0.25, 0.3) is 0 Å². The minimum absolute atomic E-state index is 0.0752. The van der Waals surface area contributed by atoms with Crippen molar-refractivity contribution in [2.45, 2.75) is 59.0 Å². The van der Waals surface area contributed by atoms with Crippen LogP contribution in [0.1, 0.15) is 47.0 Å². The Morgan fingerprint density at radius 1 is 1.35 bits per heavy atom. The van der Waals surface area contributed by atoms with Gasteiger partial charge in [-0.05, 0) is 18.3 Å². The summed E-state index contributed by atoms with van der Waals surface area (Å²) in [6, 6.07) is -0.347. The molecule has 7 heteroatoms. The number of carbonyl (C=O) groups is 2. The first-order valence-electron chi connectivity index (χ1n) is 8.33. The minimum Gasteiger partial charge on any atom is -0.481 e. The third-order valence-corrected chi connectivity index (χ3v) is 5.21. The van der Waals surface area contributed by atoms with Gasteiger partial charge in [-0.25, -0.2) is 0 Å². The first-order valence-corrected chi connectivity index (χ1v) is 8.33. The van der Waals surface area contributed by atoms with Crippen LogP contribution in [0, 0.1) is 29.1 Å². The van der Waals surface area contributed by atoms with E-state index >= 15 is 0 Å². The van der Waals surface area contributed by atoms with Crippen molar-refractivity contribution in [3.8, 4) is 0 Å². The van der Waals surface area contributed by atoms with Gasteiger partial charge in [-0.1, -0.05) is 33.6 Å². The lowest BCUT2D eigenvalue weighted by atomic mass is 9.77. The normalized spacial score (nSPS) is 28.4. The highest BCUT2D eigenvalue weighted by atomic mass is 16.4. The maximum Gasteiger partial charge on any atom is 0.306 e. The number of aliphatic carboxylic acids is 1. The van der Waals surface area contributed by atoms with Crippen molar-refractivity contribution in [1.29, 1.82) is 5.41 Å². The summed E-state index contributed by atoms with van der Waals surface area (Å²) >= 11 is 0. The summed E-state index contributed by atoms with van der Waals surface area (Å²) in [5.74, 6) is -1.53. The van der Waals surface area contributed by atoms with E-state index in [1.54, 1.807) is 0 Å². The van der Waals surface area contributed by atoms with Gasteiger partial charge in [-0.2, -0.15) is 0 Å². The average molecular weight is 326 g/mol. The van der Waals surface area contributed by atoms with Gasteiger partial charge in [0.2, 0.25) is 5.91 Å². The standard InChI is InChI=1S/C16H30N4O3/c1-5-10(6-2)14(19-9(4)21)13-8(3)11(15(22)23)7-12(13)20-16(17)18/h8,10-14H,5-7H2,1-4H3,(H,19,21)(H,22,23)(H4,17,18,20)/t8-,11+,12-,13-,14-/m1/s1. The molecule has 0 unspecified atom stereocenters. The highest BCUT2D eigenvalue weighted by Crippen LogP contribution is 2.42. The molecule has 0 aromatic carbocycles. The zero-order valence-electron chi connectivity index (χ0n) is 14.4. The number of carbonyl (C=O) groups excluding carboxylic acids is 1. The number of amides is 1. The fourth-order valence-electron chi connectivity index (χ4n) is 4.10. The largest absolute Gasteiger partial charge is 0.481 e. The molecule has 1 aliphatic carbocycles. The molecule has 0 aliphatic heterocycles. The van der Waals surface area contributed by atoms with E-state index in [0.717, 1.165) is 12.8 Å². The van der Waals surface area contributed by atoms with Crippen LogP contribution >= 0.6 is 0 Å². The zero-order valence-corrected chi connectivity index (χ0v) is 14.4. The lowest BCUT2D eigenvalue weighted by Crippen LogP contribution is -2.53. The van der Waals surface area contributed by atoms with Gasteiger partial charge in [0.1, 0.15) is 0 Å². The minimum atomic E-state index is -0.832. The molecular formula is C16H30N4O3. The molecule has 1 rings (SSSR count). The Hall–Kier alpha value is -1.79. The summed E-state index contributed by atoms with van der Waals surface area (Å²) in [7, 11) is 0. The number of nitrogens with two attached hydrogens (primary N) is 1. The molecule has 0 saturated heterocycles. The molecule has 1 amide bonds. The van der Waals surface area contributed by atoms with Crippen molar-refractivity contribution in [3.63, 3.8) is 0 Å². The Morgan fingerprint density at radius 2 is 1.91 bits per heavy atom. The molecule has 5 atom stereocenters. The molecule has 7 nitrogen and oxygen atoms in total. The van der Waals surface area contributed by atoms with E-state index in [1.807, 2.05) is 6.92 Å². The summed E-state index contributed by atoms with van der Waals surface area (Å²) in [5, 5.41) is 22.9. The van der Waals surface area contributed by atoms with Crippen molar-refractivity contribution in [3.05, 3.63) is 0 Å². The molecule has 1 fully saturated rings. The Labute approximate surface area is 137 Å². The van der Waals surface area contributed by atoms with Gasteiger partial charge in [-0.15, -0.1) is 0 Å². The zero-order chi connectivity index (χ0) is 17.7. The molecule has 1 saturated carbocycles. The van der Waals surface area contributed by atoms with E-state index < -0.39 is 11.9 Å². The quantitative estimate of drug-likeness (QED) is 0.354. The molecule has 132 valence electrons. The summed E-state index contributed by atoms with van der Waals surface area (Å²) in [5.41, 5.74) is 5.48. The first kappa shape index (κ1) is 19.3. The number of rotatable bonds is 7. The molecule has 0 aromatic rings. The maximum absolute atomic E-state index is 11.7. The van der Waals surface area contributed by atoms with Crippen molar-refractivity contribution >= 4 is 17.8 Å². The fraction of sp³-hybridized carbons (Fsp3) is 0.812. The molecule has 0 spiro atoms. The highest BCUT2D eigenvalue weighted by molar-refractivity contribution is 5.76. The average Bonchev–Trinajstić information content (AvgIpc) is 2.74. The Kier molecular flexibility index (Phi) is 6.84. The summed E-state index contributed by atoms with van der Waals surface area (Å²) in [4.78, 5) is 23.2. The van der Waals surface area contributed by atoms with E-state index in [1.165, 1.54) is 6.92 Å². The van der Waals surface area contributed by atoms with E-state index in [0.29, 0.717) is 6.42 Å². The molecule has 0 aromatic heterocycles. The SMILES string of the molecule is CCC(CC)[C@@H](NC(C)=O)[C@@H]1[C@H](C)[C@@H](C(=O)O)C[C@H]1NC(=N)N. The van der Waals surface area contributed by atoms with Crippen LogP contribution in [0.3, 0.4) is 0 Å². The van der Waals surface area contributed by atoms with Crippen LogP contribution < -0.4 is 16.4 Å². The second-order valence-electron chi connectivity index (χ2n) is 6.58. The van der Waals surface area contributed by atoms with Gasteiger partial charge in [0.05, 0.1) is 5.92 Å². The van der Waals surface area contributed by atoms with Crippen molar-refractivity contribution in [1.82, 2.24) is 10.6 Å². The van der Waals surface area contributed by atoms with Gasteiger partial charge in [0, 0.05) is 24.9 Å². The fourth-order valence-corrected chi connectivity index (χ4v) is 4.10. The molecule has 0 bridgehead atoms. The lowest BCUT2D eigenvalue weighted by molar-refractivity contribution is -0.143. The van der Waals surface area contributed by atoms with E-state index in [-0.39, 0.29) is 41.7 Å². The van der Waals surface area contributed by atoms with Crippen molar-refractivity contribution < 1.29 is 14.7 Å². The van der Waals surface area contributed by atoms with Crippen LogP contribution in [0.4, 0.5) is 0 Å². The second kappa shape index (κ2) is 8.17. The van der Waals surface area contributed by atoms with Crippen LogP contribution in [0.2, 0.25) is 0 Å². The number of carboxylic acid groups (broad SMARTS) is 1. The molecule has 0 radical (unpaired) electrons. The molecule has 23 heavy (non-hydrogen) atoms. The summed E-state index contributed by atoms with van der Waals surface area (Å²) < 4.78 is 0.